The maximum atomic E-state index is 5.19. The zero-order valence-electron chi connectivity index (χ0n) is 12.2. The van der Waals surface area contributed by atoms with Crippen LogP contribution in [0.1, 0.15) is 58.3 Å². The van der Waals surface area contributed by atoms with Gasteiger partial charge < -0.3 is 9.47 Å². The smallest absolute Gasteiger partial charge is 0.316 e. The molecule has 0 saturated heterocycles. The van der Waals surface area contributed by atoms with Gasteiger partial charge in [0.05, 0.1) is 6.61 Å². The molecule has 0 aromatic heterocycles. The van der Waals surface area contributed by atoms with Crippen LogP contribution in [0.4, 0.5) is 0 Å². The number of methoxy groups -OCH3 is 1. The fourth-order valence-corrected chi connectivity index (χ4v) is 1.63. The van der Waals surface area contributed by atoms with E-state index in [-0.39, 0.29) is 23.1 Å². The minimum atomic E-state index is 0. The van der Waals surface area contributed by atoms with Gasteiger partial charge in [0.1, 0.15) is 6.79 Å². The van der Waals surface area contributed by atoms with Crippen LogP contribution >= 0.6 is 0 Å². The van der Waals surface area contributed by atoms with Crippen LogP contribution < -0.4 is 0 Å². The molecule has 0 bridgehead atoms. The summed E-state index contributed by atoms with van der Waals surface area (Å²) < 4.78 is 9.98. The third-order valence-electron chi connectivity index (χ3n) is 2.68. The number of rotatable bonds is 13. The van der Waals surface area contributed by atoms with E-state index in [1.807, 2.05) is 0 Å². The van der Waals surface area contributed by atoms with E-state index < -0.39 is 0 Å². The number of hydrogen-bond acceptors (Lipinski definition) is 2. The lowest BCUT2D eigenvalue weighted by atomic mass is 10.1. The molecule has 0 aliphatic heterocycles. The normalized spacial score (nSPS) is 11.3. The van der Waals surface area contributed by atoms with Gasteiger partial charge in [0.25, 0.3) is 0 Å². The van der Waals surface area contributed by atoms with Gasteiger partial charge >= 0.3 is 23.1 Å². The van der Waals surface area contributed by atoms with E-state index in [2.05, 4.69) is 31.2 Å². The van der Waals surface area contributed by atoms with Gasteiger partial charge in [-0.3, -0.25) is 0 Å². The van der Waals surface area contributed by atoms with E-state index in [0.717, 1.165) is 13.0 Å². The van der Waals surface area contributed by atoms with Crippen LogP contribution in [-0.4, -0.2) is 43.6 Å². The van der Waals surface area contributed by atoms with Gasteiger partial charge in [0, 0.05) is 7.11 Å². The molecule has 0 N–H and O–H groups in total. The highest BCUT2D eigenvalue weighted by atomic mass is 24.3. The van der Waals surface area contributed by atoms with E-state index >= 15 is 0 Å². The Morgan fingerprint density at radius 2 is 1.37 bits per heavy atom. The van der Waals surface area contributed by atoms with Crippen molar-refractivity contribution in [1.29, 1.82) is 0 Å². The lowest BCUT2D eigenvalue weighted by Crippen LogP contribution is -1.96. The molecule has 0 aliphatic rings. The Kier molecular flexibility index (Phi) is 23.1. The van der Waals surface area contributed by atoms with E-state index in [1.165, 1.54) is 44.9 Å². The molecule has 0 atom stereocenters. The number of ether oxygens (including phenoxy) is 2. The van der Waals surface area contributed by atoms with Crippen molar-refractivity contribution in [2.75, 3.05) is 20.5 Å². The molecule has 0 aromatic carbocycles. The second kappa shape index (κ2) is 20.5. The van der Waals surface area contributed by atoms with Crippen LogP contribution in [0.15, 0.2) is 24.3 Å². The summed E-state index contributed by atoms with van der Waals surface area (Å²) in [5.74, 6) is 0. The average Bonchev–Trinajstić information content (AvgIpc) is 2.39. The van der Waals surface area contributed by atoms with Crippen LogP contribution in [0.3, 0.4) is 0 Å². The maximum absolute atomic E-state index is 5.19. The van der Waals surface area contributed by atoms with Gasteiger partial charge in [-0.15, -0.1) is 0 Å². The van der Waals surface area contributed by atoms with Crippen molar-refractivity contribution in [2.24, 2.45) is 0 Å². The Morgan fingerprint density at radius 1 is 0.789 bits per heavy atom. The highest BCUT2D eigenvalue weighted by Crippen LogP contribution is 2.03. The van der Waals surface area contributed by atoms with E-state index in [0.29, 0.717) is 6.79 Å². The Balaban J connectivity index is 0. The summed E-state index contributed by atoms with van der Waals surface area (Å²) in [6.45, 7) is 3.40. The molecular formula is C16H32MgO2. The molecule has 2 nitrogen and oxygen atoms in total. The van der Waals surface area contributed by atoms with Crippen LogP contribution in [0.5, 0.6) is 0 Å². The van der Waals surface area contributed by atoms with Gasteiger partial charge in [-0.05, 0) is 38.5 Å². The van der Waals surface area contributed by atoms with E-state index in [1.54, 1.807) is 7.11 Å². The summed E-state index contributed by atoms with van der Waals surface area (Å²) >= 11 is 0. The molecule has 0 heterocycles. The summed E-state index contributed by atoms with van der Waals surface area (Å²) in [5.41, 5.74) is 0. The van der Waals surface area contributed by atoms with Gasteiger partial charge in [0.2, 0.25) is 0 Å². The Labute approximate surface area is 135 Å². The molecule has 0 aromatic rings. The Bertz CT molecular complexity index is 203. The molecule has 0 spiro atoms. The molecule has 0 unspecified atom stereocenters. The third kappa shape index (κ3) is 20.6. The second-order valence-electron chi connectivity index (χ2n) is 4.47. The minimum Gasteiger partial charge on any atom is -0.359 e. The Morgan fingerprint density at radius 3 is 1.95 bits per heavy atom. The predicted octanol–water partition coefficient (Wildman–Crippen LogP) is 3.94. The molecule has 110 valence electrons. The quantitative estimate of drug-likeness (QED) is 0.220. The van der Waals surface area contributed by atoms with Crippen molar-refractivity contribution in [3.8, 4) is 0 Å². The summed E-state index contributed by atoms with van der Waals surface area (Å²) in [6.07, 6.45) is 19.0. The van der Waals surface area contributed by atoms with Crippen molar-refractivity contribution in [1.82, 2.24) is 0 Å². The first-order valence-corrected chi connectivity index (χ1v) is 7.28. The van der Waals surface area contributed by atoms with E-state index in [9.17, 15) is 0 Å². The minimum absolute atomic E-state index is 0. The van der Waals surface area contributed by atoms with Crippen molar-refractivity contribution >= 4 is 23.1 Å². The van der Waals surface area contributed by atoms with Gasteiger partial charge in [-0.2, -0.15) is 0 Å². The fourth-order valence-electron chi connectivity index (χ4n) is 1.63. The highest BCUT2D eigenvalue weighted by Gasteiger charge is 1.85. The molecule has 3 heteroatoms. The fraction of sp³-hybridized carbons (Fsp3) is 0.750. The first kappa shape index (κ1) is 21.5. The van der Waals surface area contributed by atoms with Crippen LogP contribution in [0.2, 0.25) is 0 Å². The van der Waals surface area contributed by atoms with Gasteiger partial charge in [-0.1, -0.05) is 44.1 Å². The lowest BCUT2D eigenvalue weighted by Gasteiger charge is -1.98. The largest absolute Gasteiger partial charge is 0.359 e. The first-order chi connectivity index (χ1) is 8.91. The standard InChI is InChI=1S/C16H30O2.Mg.2H/c1-3-4-5-6-7-8-9-10-11-12-13-14-15-18-16-17-2;;;/h7-8,12-13H,3-6,9-11,14-16H2,1-2H3;;;/b8-7-,13-12+;;;. The molecule has 0 radical (unpaired) electrons. The van der Waals surface area contributed by atoms with Crippen LogP contribution in [0.25, 0.3) is 0 Å². The van der Waals surface area contributed by atoms with Crippen molar-refractivity contribution < 1.29 is 9.47 Å². The van der Waals surface area contributed by atoms with Gasteiger partial charge in [-0.25, -0.2) is 0 Å². The lowest BCUT2D eigenvalue weighted by molar-refractivity contribution is -0.0285. The van der Waals surface area contributed by atoms with E-state index in [4.69, 9.17) is 9.47 Å². The highest BCUT2D eigenvalue weighted by molar-refractivity contribution is 5.75. The zero-order valence-corrected chi connectivity index (χ0v) is 12.2. The van der Waals surface area contributed by atoms with Gasteiger partial charge in [0.15, 0.2) is 0 Å². The topological polar surface area (TPSA) is 18.5 Å². The molecule has 0 saturated carbocycles. The predicted molar refractivity (Wildman–Crippen MR) is 87.3 cm³/mol. The average molecular weight is 281 g/mol. The van der Waals surface area contributed by atoms with Crippen molar-refractivity contribution in [3.63, 3.8) is 0 Å². The van der Waals surface area contributed by atoms with Crippen molar-refractivity contribution in [2.45, 2.75) is 58.3 Å². The summed E-state index contributed by atoms with van der Waals surface area (Å²) in [4.78, 5) is 0. The third-order valence-corrected chi connectivity index (χ3v) is 2.68. The SMILES string of the molecule is CCCCC/C=C\CCC/C=C/CCOCOC.[MgH2]. The van der Waals surface area contributed by atoms with Crippen molar-refractivity contribution in [3.05, 3.63) is 24.3 Å². The molecular weight excluding hydrogens is 248 g/mol. The molecule has 19 heavy (non-hydrogen) atoms. The molecule has 0 rings (SSSR count). The summed E-state index contributed by atoms with van der Waals surface area (Å²) in [7, 11) is 1.64. The zero-order chi connectivity index (χ0) is 13.3. The monoisotopic (exact) mass is 280 g/mol. The molecule has 0 fully saturated rings. The number of unbranched alkanes of at least 4 members (excludes halogenated alkanes) is 5. The Hall–Kier alpha value is 0.166. The summed E-state index contributed by atoms with van der Waals surface area (Å²) in [5, 5.41) is 0. The van der Waals surface area contributed by atoms with Crippen LogP contribution in [0, 0.1) is 0 Å². The second-order valence-corrected chi connectivity index (χ2v) is 4.47. The number of hydrogen-bond donors (Lipinski definition) is 0. The summed E-state index contributed by atoms with van der Waals surface area (Å²) in [6, 6.07) is 0. The maximum Gasteiger partial charge on any atom is 0.316 e. The molecule has 0 amide bonds. The number of allylic oxidation sites excluding steroid dienone is 3. The van der Waals surface area contributed by atoms with Crippen LogP contribution in [-0.2, 0) is 9.47 Å². The molecule has 0 aliphatic carbocycles. The first-order valence-electron chi connectivity index (χ1n) is 7.28.